The van der Waals surface area contributed by atoms with Gasteiger partial charge in [-0.1, -0.05) is 43.7 Å². The molecule has 0 spiro atoms. The first kappa shape index (κ1) is 14.7. The monoisotopic (exact) mass is 249 g/mol. The average molecular weight is 249 g/mol. The molecule has 0 aliphatic rings. The molecule has 100 valence electrons. The molecule has 0 fully saturated rings. The molecule has 0 bridgehead atoms. The third kappa shape index (κ3) is 5.32. The Morgan fingerprint density at radius 1 is 1.33 bits per heavy atom. The number of amides is 1. The molecule has 0 aliphatic heterocycles. The molecular weight excluding hydrogens is 226 g/mol. The largest absolute Gasteiger partial charge is 0.396 e. The average Bonchev–Trinajstić information content (AvgIpc) is 2.42. The van der Waals surface area contributed by atoms with Crippen LogP contribution in [0.4, 0.5) is 0 Å². The maximum Gasteiger partial charge on any atom is 0.220 e. The van der Waals surface area contributed by atoms with Gasteiger partial charge in [0.1, 0.15) is 0 Å². The Hall–Kier alpha value is -1.35. The molecule has 0 saturated heterocycles. The highest BCUT2D eigenvalue weighted by Crippen LogP contribution is 2.18. The fourth-order valence-electron chi connectivity index (χ4n) is 1.93. The standard InChI is InChI=1S/C15H23NO2/c1-2-3-9-15(18)16-12-14(10-11-17)13-7-5-4-6-8-13/h4-8,14,17H,2-3,9-12H2,1H3,(H,16,18). The van der Waals surface area contributed by atoms with Crippen molar-refractivity contribution in [3.05, 3.63) is 35.9 Å². The first-order chi connectivity index (χ1) is 8.77. The van der Waals surface area contributed by atoms with Crippen LogP contribution in [0.1, 0.15) is 44.1 Å². The molecule has 0 aliphatic carbocycles. The summed E-state index contributed by atoms with van der Waals surface area (Å²) in [4.78, 5) is 11.6. The molecule has 2 N–H and O–H groups in total. The molecule has 1 aromatic carbocycles. The molecular formula is C15H23NO2. The second-order valence-corrected chi connectivity index (χ2v) is 4.53. The van der Waals surface area contributed by atoms with Crippen molar-refractivity contribution in [3.63, 3.8) is 0 Å². The van der Waals surface area contributed by atoms with Crippen molar-refractivity contribution in [1.82, 2.24) is 5.32 Å². The number of hydrogen-bond acceptors (Lipinski definition) is 2. The number of rotatable bonds is 8. The summed E-state index contributed by atoms with van der Waals surface area (Å²) < 4.78 is 0. The van der Waals surface area contributed by atoms with Gasteiger partial charge in [0, 0.05) is 25.5 Å². The highest BCUT2D eigenvalue weighted by Gasteiger charge is 2.11. The van der Waals surface area contributed by atoms with Crippen LogP contribution in [0.25, 0.3) is 0 Å². The van der Waals surface area contributed by atoms with Gasteiger partial charge in [-0.2, -0.15) is 0 Å². The molecule has 0 radical (unpaired) electrons. The van der Waals surface area contributed by atoms with Crippen molar-refractivity contribution >= 4 is 5.91 Å². The number of carbonyl (C=O) groups excluding carboxylic acids is 1. The molecule has 1 rings (SSSR count). The third-order valence-electron chi connectivity index (χ3n) is 3.05. The molecule has 3 nitrogen and oxygen atoms in total. The number of benzene rings is 1. The van der Waals surface area contributed by atoms with E-state index in [9.17, 15) is 4.79 Å². The number of hydrogen-bond donors (Lipinski definition) is 2. The van der Waals surface area contributed by atoms with E-state index >= 15 is 0 Å². The minimum atomic E-state index is 0.107. The van der Waals surface area contributed by atoms with E-state index in [1.165, 1.54) is 5.56 Å². The lowest BCUT2D eigenvalue weighted by Gasteiger charge is -2.17. The molecule has 0 heterocycles. The first-order valence-corrected chi connectivity index (χ1v) is 6.70. The van der Waals surface area contributed by atoms with E-state index < -0.39 is 0 Å². The van der Waals surface area contributed by atoms with E-state index in [2.05, 4.69) is 12.2 Å². The van der Waals surface area contributed by atoms with Gasteiger partial charge < -0.3 is 10.4 Å². The lowest BCUT2D eigenvalue weighted by atomic mass is 9.96. The number of carbonyl (C=O) groups is 1. The summed E-state index contributed by atoms with van der Waals surface area (Å²) in [7, 11) is 0. The van der Waals surface area contributed by atoms with Gasteiger partial charge in [0.15, 0.2) is 0 Å². The second kappa shape index (κ2) is 8.70. The van der Waals surface area contributed by atoms with Crippen molar-refractivity contribution in [2.45, 2.75) is 38.5 Å². The van der Waals surface area contributed by atoms with E-state index in [1.807, 2.05) is 30.3 Å². The van der Waals surface area contributed by atoms with Gasteiger partial charge in [-0.05, 0) is 18.4 Å². The molecule has 3 heteroatoms. The van der Waals surface area contributed by atoms with Crippen molar-refractivity contribution in [1.29, 1.82) is 0 Å². The Balaban J connectivity index is 2.46. The van der Waals surface area contributed by atoms with Crippen molar-refractivity contribution in [2.75, 3.05) is 13.2 Å². The fraction of sp³-hybridized carbons (Fsp3) is 0.533. The van der Waals surface area contributed by atoms with Gasteiger partial charge in [-0.3, -0.25) is 4.79 Å². The van der Waals surface area contributed by atoms with Crippen LogP contribution in [0.2, 0.25) is 0 Å². The fourth-order valence-corrected chi connectivity index (χ4v) is 1.93. The van der Waals surface area contributed by atoms with Crippen LogP contribution in [-0.4, -0.2) is 24.2 Å². The maximum atomic E-state index is 11.6. The van der Waals surface area contributed by atoms with Crippen LogP contribution in [0.3, 0.4) is 0 Å². The molecule has 1 amide bonds. The van der Waals surface area contributed by atoms with E-state index in [1.54, 1.807) is 0 Å². The van der Waals surface area contributed by atoms with Crippen molar-refractivity contribution in [3.8, 4) is 0 Å². The van der Waals surface area contributed by atoms with Crippen LogP contribution >= 0.6 is 0 Å². The highest BCUT2D eigenvalue weighted by molar-refractivity contribution is 5.75. The topological polar surface area (TPSA) is 49.3 Å². The molecule has 1 unspecified atom stereocenters. The summed E-state index contributed by atoms with van der Waals surface area (Å²) in [5, 5.41) is 12.0. The highest BCUT2D eigenvalue weighted by atomic mass is 16.3. The Labute approximate surface area is 109 Å². The lowest BCUT2D eigenvalue weighted by Crippen LogP contribution is -2.28. The minimum absolute atomic E-state index is 0.107. The summed E-state index contributed by atoms with van der Waals surface area (Å²) >= 11 is 0. The van der Waals surface area contributed by atoms with E-state index in [-0.39, 0.29) is 18.4 Å². The van der Waals surface area contributed by atoms with Crippen LogP contribution in [0, 0.1) is 0 Å². The first-order valence-electron chi connectivity index (χ1n) is 6.70. The normalized spacial score (nSPS) is 12.1. The van der Waals surface area contributed by atoms with Gasteiger partial charge in [0.25, 0.3) is 0 Å². The zero-order valence-electron chi connectivity index (χ0n) is 11.1. The van der Waals surface area contributed by atoms with Gasteiger partial charge in [-0.15, -0.1) is 0 Å². The van der Waals surface area contributed by atoms with E-state index in [4.69, 9.17) is 5.11 Å². The number of nitrogens with one attached hydrogen (secondary N) is 1. The number of unbranched alkanes of at least 4 members (excludes halogenated alkanes) is 1. The molecule has 0 aromatic heterocycles. The smallest absolute Gasteiger partial charge is 0.220 e. The quantitative estimate of drug-likeness (QED) is 0.743. The second-order valence-electron chi connectivity index (χ2n) is 4.53. The lowest BCUT2D eigenvalue weighted by molar-refractivity contribution is -0.121. The number of aliphatic hydroxyl groups is 1. The van der Waals surface area contributed by atoms with Crippen LogP contribution in [0.15, 0.2) is 30.3 Å². The molecule has 1 atom stereocenters. The Morgan fingerprint density at radius 2 is 2.06 bits per heavy atom. The van der Waals surface area contributed by atoms with Crippen molar-refractivity contribution < 1.29 is 9.90 Å². The Kier molecular flexibility index (Phi) is 7.11. The Morgan fingerprint density at radius 3 is 2.67 bits per heavy atom. The van der Waals surface area contributed by atoms with Crippen LogP contribution in [-0.2, 0) is 4.79 Å². The zero-order valence-corrected chi connectivity index (χ0v) is 11.1. The van der Waals surface area contributed by atoms with Crippen LogP contribution in [0.5, 0.6) is 0 Å². The van der Waals surface area contributed by atoms with Gasteiger partial charge >= 0.3 is 0 Å². The molecule has 0 saturated carbocycles. The SMILES string of the molecule is CCCCC(=O)NCC(CCO)c1ccccc1. The minimum Gasteiger partial charge on any atom is -0.396 e. The zero-order chi connectivity index (χ0) is 13.2. The predicted octanol–water partition coefficient (Wildman–Crippen LogP) is 2.46. The van der Waals surface area contributed by atoms with Gasteiger partial charge in [0.2, 0.25) is 5.91 Å². The number of aliphatic hydroxyl groups excluding tert-OH is 1. The molecule has 1 aromatic rings. The van der Waals surface area contributed by atoms with Crippen molar-refractivity contribution in [2.24, 2.45) is 0 Å². The maximum absolute atomic E-state index is 11.6. The summed E-state index contributed by atoms with van der Waals surface area (Å²) in [6, 6.07) is 10.0. The van der Waals surface area contributed by atoms with Gasteiger partial charge in [-0.25, -0.2) is 0 Å². The van der Waals surface area contributed by atoms with Gasteiger partial charge in [0.05, 0.1) is 0 Å². The molecule has 18 heavy (non-hydrogen) atoms. The van der Waals surface area contributed by atoms with E-state index in [0.29, 0.717) is 19.4 Å². The summed E-state index contributed by atoms with van der Waals surface area (Å²) in [6.07, 6.45) is 3.24. The summed E-state index contributed by atoms with van der Waals surface area (Å²) in [5.74, 6) is 0.303. The predicted molar refractivity (Wildman–Crippen MR) is 73.4 cm³/mol. The third-order valence-corrected chi connectivity index (χ3v) is 3.05. The Bertz CT molecular complexity index is 338. The summed E-state index contributed by atoms with van der Waals surface area (Å²) in [5.41, 5.74) is 1.17. The summed E-state index contributed by atoms with van der Waals surface area (Å²) in [6.45, 7) is 2.82. The van der Waals surface area contributed by atoms with Crippen LogP contribution < -0.4 is 5.32 Å². The van der Waals surface area contributed by atoms with E-state index in [0.717, 1.165) is 12.8 Å².